The highest BCUT2D eigenvalue weighted by Gasteiger charge is 2.33. The first-order valence-corrected chi connectivity index (χ1v) is 6.77. The molecule has 0 amide bonds. The topological polar surface area (TPSA) is 60.8 Å². The number of carboxylic acid groups (broad SMARTS) is 1. The van der Waals surface area contributed by atoms with Crippen LogP contribution in [-0.4, -0.2) is 46.3 Å². The fourth-order valence-corrected chi connectivity index (χ4v) is 3.12. The van der Waals surface area contributed by atoms with E-state index >= 15 is 0 Å². The van der Waals surface area contributed by atoms with Gasteiger partial charge in [-0.2, -0.15) is 0 Å². The Hall–Kier alpha value is -0.610. The van der Waals surface area contributed by atoms with E-state index in [1.54, 1.807) is 0 Å². The molecular formula is C13H23NO3. The van der Waals surface area contributed by atoms with Crippen LogP contribution in [0.3, 0.4) is 0 Å². The van der Waals surface area contributed by atoms with Crippen LogP contribution in [0.2, 0.25) is 0 Å². The summed E-state index contributed by atoms with van der Waals surface area (Å²) in [5, 5.41) is 19.4. The average molecular weight is 241 g/mol. The normalized spacial score (nSPS) is 26.9. The van der Waals surface area contributed by atoms with Gasteiger partial charge < -0.3 is 15.1 Å². The van der Waals surface area contributed by atoms with Gasteiger partial charge in [-0.3, -0.25) is 4.79 Å². The van der Waals surface area contributed by atoms with E-state index < -0.39 is 11.6 Å². The van der Waals surface area contributed by atoms with Gasteiger partial charge in [0.05, 0.1) is 11.5 Å². The van der Waals surface area contributed by atoms with Crippen molar-refractivity contribution in [2.45, 2.75) is 50.5 Å². The number of carboxylic acids is 1. The Kier molecular flexibility index (Phi) is 4.05. The SMILES string of the molecule is O=C(O)C1CCN(CC2(O)CCCCC2)CC1. The Morgan fingerprint density at radius 3 is 2.29 bits per heavy atom. The summed E-state index contributed by atoms with van der Waals surface area (Å²) in [6, 6.07) is 0. The molecule has 0 aromatic rings. The maximum atomic E-state index is 10.8. The molecule has 0 atom stereocenters. The zero-order chi connectivity index (χ0) is 12.3. The van der Waals surface area contributed by atoms with E-state index in [-0.39, 0.29) is 5.92 Å². The van der Waals surface area contributed by atoms with Crippen molar-refractivity contribution in [2.24, 2.45) is 5.92 Å². The number of carbonyl (C=O) groups is 1. The highest BCUT2D eigenvalue weighted by Crippen LogP contribution is 2.30. The van der Waals surface area contributed by atoms with Gasteiger partial charge in [0.15, 0.2) is 0 Å². The molecule has 98 valence electrons. The molecule has 4 nitrogen and oxygen atoms in total. The van der Waals surface area contributed by atoms with E-state index in [2.05, 4.69) is 4.90 Å². The van der Waals surface area contributed by atoms with Gasteiger partial charge in [-0.05, 0) is 38.8 Å². The van der Waals surface area contributed by atoms with Crippen LogP contribution in [0.5, 0.6) is 0 Å². The molecule has 1 aliphatic carbocycles. The summed E-state index contributed by atoms with van der Waals surface area (Å²) in [5.74, 6) is -0.840. The molecule has 0 aromatic heterocycles. The smallest absolute Gasteiger partial charge is 0.306 e. The van der Waals surface area contributed by atoms with Gasteiger partial charge in [0.1, 0.15) is 0 Å². The lowest BCUT2D eigenvalue weighted by molar-refractivity contribution is -0.143. The van der Waals surface area contributed by atoms with Crippen molar-refractivity contribution in [1.29, 1.82) is 0 Å². The summed E-state index contributed by atoms with van der Waals surface area (Å²) in [6.45, 7) is 2.37. The Labute approximate surface area is 103 Å². The van der Waals surface area contributed by atoms with Crippen LogP contribution in [0.4, 0.5) is 0 Å². The molecule has 4 heteroatoms. The first-order chi connectivity index (χ1) is 8.09. The van der Waals surface area contributed by atoms with E-state index in [9.17, 15) is 9.90 Å². The lowest BCUT2D eigenvalue weighted by atomic mass is 9.84. The predicted molar refractivity (Wildman–Crippen MR) is 64.8 cm³/mol. The number of rotatable bonds is 3. The van der Waals surface area contributed by atoms with Crippen molar-refractivity contribution in [3.63, 3.8) is 0 Å². The zero-order valence-corrected chi connectivity index (χ0v) is 10.4. The lowest BCUT2D eigenvalue weighted by Crippen LogP contribution is -2.47. The van der Waals surface area contributed by atoms with E-state index in [0.717, 1.165) is 58.2 Å². The number of likely N-dealkylation sites (tertiary alicyclic amines) is 1. The molecule has 1 heterocycles. The lowest BCUT2D eigenvalue weighted by Gasteiger charge is -2.39. The standard InChI is InChI=1S/C13H23NO3/c15-12(16)11-4-8-14(9-5-11)10-13(17)6-2-1-3-7-13/h11,17H,1-10H2,(H,15,16). The average Bonchev–Trinajstić information content (AvgIpc) is 2.30. The van der Waals surface area contributed by atoms with Crippen LogP contribution in [-0.2, 0) is 4.79 Å². The summed E-state index contributed by atoms with van der Waals surface area (Å²) in [5.41, 5.74) is -0.506. The third kappa shape index (κ3) is 3.42. The quantitative estimate of drug-likeness (QED) is 0.785. The molecule has 2 aliphatic rings. The summed E-state index contributed by atoms with van der Waals surface area (Å²) < 4.78 is 0. The molecule has 1 saturated carbocycles. The highest BCUT2D eigenvalue weighted by atomic mass is 16.4. The minimum absolute atomic E-state index is 0.174. The van der Waals surface area contributed by atoms with Gasteiger partial charge >= 0.3 is 5.97 Å². The first-order valence-electron chi connectivity index (χ1n) is 6.77. The van der Waals surface area contributed by atoms with Gasteiger partial charge in [0.25, 0.3) is 0 Å². The molecule has 0 radical (unpaired) electrons. The number of β-amino-alcohol motifs (C(OH)–C–C–N with tert-alkyl or cyclic N) is 1. The number of aliphatic hydroxyl groups is 1. The molecule has 1 saturated heterocycles. The van der Waals surface area contributed by atoms with Crippen LogP contribution in [0.15, 0.2) is 0 Å². The van der Waals surface area contributed by atoms with Crippen molar-refractivity contribution >= 4 is 5.97 Å². The van der Waals surface area contributed by atoms with Gasteiger partial charge in [0, 0.05) is 6.54 Å². The molecule has 0 aromatic carbocycles. The number of hydrogen-bond acceptors (Lipinski definition) is 3. The molecule has 17 heavy (non-hydrogen) atoms. The minimum Gasteiger partial charge on any atom is -0.481 e. The van der Waals surface area contributed by atoms with Crippen molar-refractivity contribution in [3.8, 4) is 0 Å². The van der Waals surface area contributed by atoms with E-state index in [1.165, 1.54) is 6.42 Å². The third-order valence-electron chi connectivity index (χ3n) is 4.24. The number of aliphatic carboxylic acids is 1. The van der Waals surface area contributed by atoms with Crippen molar-refractivity contribution in [3.05, 3.63) is 0 Å². The van der Waals surface area contributed by atoms with Gasteiger partial charge in [-0.1, -0.05) is 19.3 Å². The molecule has 0 bridgehead atoms. The Bertz CT molecular complexity index is 266. The maximum Gasteiger partial charge on any atom is 0.306 e. The molecular weight excluding hydrogens is 218 g/mol. The first kappa shape index (κ1) is 12.8. The predicted octanol–water partition coefficient (Wildman–Crippen LogP) is 1.48. The van der Waals surface area contributed by atoms with Gasteiger partial charge in [0.2, 0.25) is 0 Å². The number of piperidine rings is 1. The monoisotopic (exact) mass is 241 g/mol. The van der Waals surface area contributed by atoms with E-state index in [0.29, 0.717) is 0 Å². The maximum absolute atomic E-state index is 10.8. The van der Waals surface area contributed by atoms with Crippen molar-refractivity contribution in [2.75, 3.05) is 19.6 Å². The van der Waals surface area contributed by atoms with Crippen LogP contribution >= 0.6 is 0 Å². The van der Waals surface area contributed by atoms with Crippen LogP contribution in [0.25, 0.3) is 0 Å². The summed E-state index contributed by atoms with van der Waals surface area (Å²) in [7, 11) is 0. The Morgan fingerprint density at radius 2 is 1.76 bits per heavy atom. The second kappa shape index (κ2) is 5.36. The summed E-state index contributed by atoms with van der Waals surface area (Å²) in [6.07, 6.45) is 6.77. The summed E-state index contributed by atoms with van der Waals surface area (Å²) in [4.78, 5) is 13.1. The highest BCUT2D eigenvalue weighted by molar-refractivity contribution is 5.70. The second-order valence-electron chi connectivity index (χ2n) is 5.67. The van der Waals surface area contributed by atoms with Gasteiger partial charge in [-0.25, -0.2) is 0 Å². The van der Waals surface area contributed by atoms with Crippen molar-refractivity contribution in [1.82, 2.24) is 4.90 Å². The largest absolute Gasteiger partial charge is 0.481 e. The fraction of sp³-hybridized carbons (Fsp3) is 0.923. The molecule has 1 aliphatic heterocycles. The molecule has 2 N–H and O–H groups in total. The Morgan fingerprint density at radius 1 is 1.18 bits per heavy atom. The van der Waals surface area contributed by atoms with Crippen LogP contribution in [0, 0.1) is 5.92 Å². The number of hydrogen-bond donors (Lipinski definition) is 2. The third-order valence-corrected chi connectivity index (χ3v) is 4.24. The van der Waals surface area contributed by atoms with E-state index in [1.807, 2.05) is 0 Å². The zero-order valence-electron chi connectivity index (χ0n) is 10.4. The van der Waals surface area contributed by atoms with Crippen molar-refractivity contribution < 1.29 is 15.0 Å². The van der Waals surface area contributed by atoms with Gasteiger partial charge in [-0.15, -0.1) is 0 Å². The van der Waals surface area contributed by atoms with Crippen LogP contribution in [0.1, 0.15) is 44.9 Å². The number of nitrogens with zero attached hydrogens (tertiary/aromatic N) is 1. The second-order valence-corrected chi connectivity index (χ2v) is 5.67. The molecule has 2 fully saturated rings. The molecule has 0 spiro atoms. The van der Waals surface area contributed by atoms with Crippen LogP contribution < -0.4 is 0 Å². The fourth-order valence-electron chi connectivity index (χ4n) is 3.12. The summed E-state index contributed by atoms with van der Waals surface area (Å²) >= 11 is 0. The Balaban J connectivity index is 1.79. The minimum atomic E-state index is -0.666. The molecule has 2 rings (SSSR count). The van der Waals surface area contributed by atoms with E-state index in [4.69, 9.17) is 5.11 Å². The molecule has 0 unspecified atom stereocenters.